The highest BCUT2D eigenvalue weighted by Gasteiger charge is 2.20. The number of nitro benzene ring substituents is 1. The summed E-state index contributed by atoms with van der Waals surface area (Å²) in [6.45, 7) is 1.70. The number of non-ortho nitro benzene ring substituents is 1. The Morgan fingerprint density at radius 1 is 1.14 bits per heavy atom. The highest BCUT2D eigenvalue weighted by atomic mass is 16.6. The van der Waals surface area contributed by atoms with Crippen LogP contribution in [0.4, 0.5) is 5.69 Å². The van der Waals surface area contributed by atoms with E-state index in [-0.39, 0.29) is 17.0 Å². The smallest absolute Gasteiger partial charge is 0.344 e. The SMILES string of the molecule is CO/N=C(\C)c1cc2c(C(=O)Oc3ccc([N+](=O)[O-])cc3)ccc(OC)c2o1. The number of methoxy groups -OCH3 is 1. The summed E-state index contributed by atoms with van der Waals surface area (Å²) in [5.74, 6) is 0.389. The molecule has 28 heavy (non-hydrogen) atoms. The Kier molecular flexibility index (Phi) is 5.25. The Morgan fingerprint density at radius 3 is 2.46 bits per heavy atom. The first-order chi connectivity index (χ1) is 13.4. The van der Waals surface area contributed by atoms with E-state index in [1.165, 1.54) is 38.5 Å². The highest BCUT2D eigenvalue weighted by molar-refractivity contribution is 6.08. The number of carbonyl (C=O) groups excluding carboxylic acids is 1. The van der Waals surface area contributed by atoms with E-state index in [0.29, 0.717) is 28.2 Å². The van der Waals surface area contributed by atoms with Gasteiger partial charge < -0.3 is 18.7 Å². The van der Waals surface area contributed by atoms with Crippen LogP contribution in [0.5, 0.6) is 11.5 Å². The Bertz CT molecular complexity index is 1070. The average molecular weight is 384 g/mol. The van der Waals surface area contributed by atoms with Crippen LogP contribution < -0.4 is 9.47 Å². The Labute approximate surface area is 159 Å². The topological polar surface area (TPSA) is 113 Å². The molecule has 144 valence electrons. The average Bonchev–Trinajstić information content (AvgIpc) is 3.13. The molecule has 0 aliphatic rings. The third-order valence-corrected chi connectivity index (χ3v) is 3.93. The molecule has 0 saturated heterocycles. The van der Waals surface area contributed by atoms with Crippen molar-refractivity contribution in [1.82, 2.24) is 0 Å². The van der Waals surface area contributed by atoms with E-state index in [1.54, 1.807) is 25.1 Å². The standard InChI is InChI=1S/C19H16N2O7/c1-11(20-26-3)17-10-15-14(8-9-16(25-2)18(15)28-17)19(22)27-13-6-4-12(5-7-13)21(23)24/h4-10H,1-3H3/b20-11+. The summed E-state index contributed by atoms with van der Waals surface area (Å²) in [4.78, 5) is 27.6. The summed E-state index contributed by atoms with van der Waals surface area (Å²) < 4.78 is 16.4. The Hall–Kier alpha value is -3.88. The van der Waals surface area contributed by atoms with Gasteiger partial charge in [-0.1, -0.05) is 5.16 Å². The van der Waals surface area contributed by atoms with Crippen molar-refractivity contribution in [3.63, 3.8) is 0 Å². The zero-order valence-electron chi connectivity index (χ0n) is 15.3. The summed E-state index contributed by atoms with van der Waals surface area (Å²) in [6, 6.07) is 10.0. The molecule has 0 spiro atoms. The van der Waals surface area contributed by atoms with Crippen LogP contribution in [0.15, 0.2) is 52.0 Å². The molecule has 3 aromatic rings. The highest BCUT2D eigenvalue weighted by Crippen LogP contribution is 2.32. The normalized spacial score (nSPS) is 11.3. The zero-order chi connectivity index (χ0) is 20.3. The van der Waals surface area contributed by atoms with Gasteiger partial charge in [-0.15, -0.1) is 0 Å². The molecule has 0 N–H and O–H groups in total. The Balaban J connectivity index is 1.98. The van der Waals surface area contributed by atoms with Crippen LogP contribution in [0.3, 0.4) is 0 Å². The van der Waals surface area contributed by atoms with Crippen LogP contribution in [0.25, 0.3) is 11.0 Å². The van der Waals surface area contributed by atoms with E-state index in [1.807, 2.05) is 0 Å². The maximum Gasteiger partial charge on any atom is 0.344 e. The maximum atomic E-state index is 12.7. The fraction of sp³-hybridized carbons (Fsp3) is 0.158. The third kappa shape index (κ3) is 3.63. The lowest BCUT2D eigenvalue weighted by molar-refractivity contribution is -0.384. The monoisotopic (exact) mass is 384 g/mol. The van der Waals surface area contributed by atoms with E-state index in [0.717, 1.165) is 0 Å². The predicted molar refractivity (Wildman–Crippen MR) is 100 cm³/mol. The molecule has 9 heteroatoms. The number of hydrogen-bond acceptors (Lipinski definition) is 8. The first kappa shape index (κ1) is 18.9. The van der Waals surface area contributed by atoms with Gasteiger partial charge in [-0.2, -0.15) is 0 Å². The van der Waals surface area contributed by atoms with Crippen molar-refractivity contribution in [2.45, 2.75) is 6.92 Å². The number of oxime groups is 1. The van der Waals surface area contributed by atoms with Gasteiger partial charge in [-0.3, -0.25) is 10.1 Å². The van der Waals surface area contributed by atoms with Gasteiger partial charge in [-0.25, -0.2) is 4.79 Å². The van der Waals surface area contributed by atoms with Gasteiger partial charge in [0.2, 0.25) is 0 Å². The van der Waals surface area contributed by atoms with Gasteiger partial charge in [0.1, 0.15) is 18.6 Å². The first-order valence-corrected chi connectivity index (χ1v) is 8.10. The summed E-state index contributed by atoms with van der Waals surface area (Å²) in [7, 11) is 2.90. The molecule has 0 unspecified atom stereocenters. The lowest BCUT2D eigenvalue weighted by Gasteiger charge is -2.07. The second-order valence-electron chi connectivity index (χ2n) is 5.67. The van der Waals surface area contributed by atoms with Crippen molar-refractivity contribution < 1.29 is 28.4 Å². The van der Waals surface area contributed by atoms with Crippen molar-refractivity contribution in [1.29, 1.82) is 0 Å². The Morgan fingerprint density at radius 2 is 1.86 bits per heavy atom. The first-order valence-electron chi connectivity index (χ1n) is 8.10. The number of nitro groups is 1. The fourth-order valence-corrected chi connectivity index (χ4v) is 2.60. The lowest BCUT2D eigenvalue weighted by Crippen LogP contribution is -2.09. The van der Waals surface area contributed by atoms with Gasteiger partial charge in [0, 0.05) is 17.5 Å². The van der Waals surface area contributed by atoms with Crippen LogP contribution in [0.2, 0.25) is 0 Å². The van der Waals surface area contributed by atoms with Crippen LogP contribution in [-0.4, -0.2) is 30.8 Å². The van der Waals surface area contributed by atoms with Crippen molar-refractivity contribution in [3.8, 4) is 11.5 Å². The summed E-state index contributed by atoms with van der Waals surface area (Å²) in [6.07, 6.45) is 0. The second kappa shape index (κ2) is 7.78. The molecule has 9 nitrogen and oxygen atoms in total. The summed E-state index contributed by atoms with van der Waals surface area (Å²) in [5, 5.41) is 15.0. The van der Waals surface area contributed by atoms with Gasteiger partial charge in [0.15, 0.2) is 17.1 Å². The minimum atomic E-state index is -0.643. The summed E-state index contributed by atoms with van der Waals surface area (Å²) in [5.41, 5.74) is 0.991. The van der Waals surface area contributed by atoms with Crippen molar-refractivity contribution in [2.24, 2.45) is 5.16 Å². The lowest BCUT2D eigenvalue weighted by atomic mass is 10.1. The molecular formula is C19H16N2O7. The van der Waals surface area contributed by atoms with E-state index < -0.39 is 10.9 Å². The van der Waals surface area contributed by atoms with E-state index in [9.17, 15) is 14.9 Å². The molecule has 0 aliphatic carbocycles. The summed E-state index contributed by atoms with van der Waals surface area (Å²) >= 11 is 0. The largest absolute Gasteiger partial charge is 0.493 e. The number of carbonyl (C=O) groups is 1. The van der Waals surface area contributed by atoms with E-state index in [4.69, 9.17) is 18.7 Å². The maximum absolute atomic E-state index is 12.7. The van der Waals surface area contributed by atoms with Gasteiger partial charge in [0.25, 0.3) is 5.69 Å². The van der Waals surface area contributed by atoms with Gasteiger partial charge in [-0.05, 0) is 37.3 Å². The second-order valence-corrected chi connectivity index (χ2v) is 5.67. The number of fused-ring (bicyclic) bond motifs is 1. The molecule has 0 fully saturated rings. The van der Waals surface area contributed by atoms with Crippen molar-refractivity contribution >= 4 is 28.3 Å². The fourth-order valence-electron chi connectivity index (χ4n) is 2.60. The molecule has 1 aromatic heterocycles. The zero-order valence-corrected chi connectivity index (χ0v) is 15.3. The number of nitrogens with zero attached hydrogens (tertiary/aromatic N) is 2. The number of esters is 1. The number of furan rings is 1. The molecule has 0 radical (unpaired) electrons. The van der Waals surface area contributed by atoms with Crippen LogP contribution >= 0.6 is 0 Å². The van der Waals surface area contributed by atoms with E-state index >= 15 is 0 Å². The van der Waals surface area contributed by atoms with Crippen molar-refractivity contribution in [3.05, 3.63) is 63.9 Å². The van der Waals surface area contributed by atoms with Crippen LogP contribution in [-0.2, 0) is 4.84 Å². The third-order valence-electron chi connectivity index (χ3n) is 3.93. The molecule has 0 bridgehead atoms. The number of hydrogen-bond donors (Lipinski definition) is 0. The quantitative estimate of drug-likeness (QED) is 0.208. The predicted octanol–water partition coefficient (Wildman–Crippen LogP) is 3.94. The number of benzene rings is 2. The molecule has 0 atom stereocenters. The molecular weight excluding hydrogens is 368 g/mol. The van der Waals surface area contributed by atoms with Gasteiger partial charge in [0.05, 0.1) is 17.6 Å². The molecule has 2 aromatic carbocycles. The molecule has 0 amide bonds. The minimum absolute atomic E-state index is 0.0981. The minimum Gasteiger partial charge on any atom is -0.493 e. The van der Waals surface area contributed by atoms with E-state index in [2.05, 4.69) is 5.16 Å². The van der Waals surface area contributed by atoms with Gasteiger partial charge >= 0.3 is 5.97 Å². The number of rotatable bonds is 6. The van der Waals surface area contributed by atoms with Crippen molar-refractivity contribution in [2.75, 3.05) is 14.2 Å². The number of ether oxygens (including phenoxy) is 2. The molecule has 0 saturated carbocycles. The van der Waals surface area contributed by atoms with Crippen LogP contribution in [0.1, 0.15) is 23.0 Å². The molecule has 3 rings (SSSR count). The van der Waals surface area contributed by atoms with Crippen LogP contribution in [0, 0.1) is 10.1 Å². The molecule has 0 aliphatic heterocycles. The molecule has 1 heterocycles.